The third-order valence-electron chi connectivity index (χ3n) is 8.03. The van der Waals surface area contributed by atoms with Gasteiger partial charge in [0.05, 0.1) is 13.2 Å². The van der Waals surface area contributed by atoms with Crippen molar-refractivity contribution in [1.29, 1.82) is 0 Å². The van der Waals surface area contributed by atoms with Gasteiger partial charge in [0.2, 0.25) is 0 Å². The van der Waals surface area contributed by atoms with Gasteiger partial charge in [0.25, 0.3) is 0 Å². The quantitative estimate of drug-likeness (QED) is 0.0469. The van der Waals surface area contributed by atoms with Crippen molar-refractivity contribution in [1.82, 2.24) is 0 Å². The van der Waals surface area contributed by atoms with Crippen molar-refractivity contribution in [2.24, 2.45) is 5.11 Å². The standard InChI is InChI=1S/C19H23ClO8.C19H23N3O8.N3.Na/c1-11(21)24-10-15-16(26-12(2)22)17(18(19(20)28-15)27-13(3)23)25-9-14-7-5-4-6-8-14;1-11(23)26-10-15-16(28-12(2)24)17(27-9-14-7-5-4-6-8-14)18(29-13(3)25)19(30-15)21-22-20;1-3-2;/h4-8,15-19H,9-10H2,1-3H3;4-8,15-19H,9-10H2,1-3H3;;/q;;-1;+1/t15-,16-,17+,18-,19+;15-,16-,17+,18-,19-;;/m11../s1. The molecule has 0 amide bonds. The number of benzene rings is 2. The molecule has 2 aliphatic rings. The second-order valence-corrected chi connectivity index (χ2v) is 13.2. The molecule has 0 spiro atoms. The van der Waals surface area contributed by atoms with Gasteiger partial charge in [0, 0.05) is 46.5 Å². The molecule has 10 atom stereocenters. The Morgan fingerprint density at radius 3 is 1.29 bits per heavy atom. The fraction of sp³-hybridized carbons (Fsp3) is 0.526. The molecule has 0 saturated carbocycles. The molecule has 0 radical (unpaired) electrons. The summed E-state index contributed by atoms with van der Waals surface area (Å²) in [4.78, 5) is 73.2. The number of carbonyl (C=O) groups excluding carboxylic acids is 6. The van der Waals surface area contributed by atoms with Crippen molar-refractivity contribution in [2.45, 2.75) is 115 Å². The molecule has 0 aromatic heterocycles. The summed E-state index contributed by atoms with van der Waals surface area (Å²) in [5.74, 6) is -3.61. The number of hydrogen-bond acceptors (Lipinski definition) is 17. The van der Waals surface area contributed by atoms with E-state index in [9.17, 15) is 28.8 Å². The molecule has 24 heteroatoms. The molecule has 0 aliphatic carbocycles. The van der Waals surface area contributed by atoms with E-state index in [1.807, 2.05) is 60.7 Å². The van der Waals surface area contributed by atoms with Gasteiger partial charge in [-0.05, 0) is 16.7 Å². The van der Waals surface area contributed by atoms with Crippen LogP contribution in [-0.4, -0.2) is 110 Å². The van der Waals surface area contributed by atoms with Crippen molar-refractivity contribution < 1.29 is 106 Å². The molecule has 332 valence electrons. The average Bonchev–Trinajstić information content (AvgIpc) is 3.19. The third-order valence-corrected chi connectivity index (χ3v) is 8.38. The van der Waals surface area contributed by atoms with E-state index in [1.54, 1.807) is 0 Å². The molecule has 22 nitrogen and oxygen atoms in total. The maximum absolute atomic E-state index is 11.7. The van der Waals surface area contributed by atoms with Crippen molar-refractivity contribution >= 4 is 47.4 Å². The first-order valence-corrected chi connectivity index (χ1v) is 18.7. The van der Waals surface area contributed by atoms with Gasteiger partial charge in [-0.2, -0.15) is 0 Å². The van der Waals surface area contributed by atoms with Crippen LogP contribution in [0.25, 0.3) is 26.4 Å². The summed E-state index contributed by atoms with van der Waals surface area (Å²) in [5, 5.41) is 3.53. The van der Waals surface area contributed by atoms with Gasteiger partial charge in [0.15, 0.2) is 36.2 Å². The van der Waals surface area contributed by atoms with E-state index < -0.39 is 96.4 Å². The molecule has 4 rings (SSSR count). The van der Waals surface area contributed by atoms with Gasteiger partial charge in [-0.15, -0.1) is 0 Å². The number of nitrogens with zero attached hydrogens (tertiary/aromatic N) is 6. The SMILES string of the molecule is CC(=O)OC[C@H]1O[C@@H](N=[N+]=[N-])[C@H](OC(C)=O)[C@@H](OCc2ccccc2)[C@@H]1OC(C)=O.CC(=O)OC[C@H]1O[C@H](Cl)[C@H](OC(C)=O)[C@@H](OCc2ccccc2)[C@@H]1OC(C)=O.[N-]=[N+]=[N-].[Na+]. The number of carbonyl (C=O) groups is 6. The predicted molar refractivity (Wildman–Crippen MR) is 208 cm³/mol. The number of halogens is 1. The molecule has 0 N–H and O–H groups in total. The number of esters is 6. The van der Waals surface area contributed by atoms with Crippen LogP contribution in [0, 0.1) is 0 Å². The van der Waals surface area contributed by atoms with E-state index in [-0.39, 0.29) is 56.0 Å². The van der Waals surface area contributed by atoms with E-state index in [4.69, 9.17) is 75.6 Å². The Bertz CT molecular complexity index is 1840. The van der Waals surface area contributed by atoms with Crippen LogP contribution in [-0.2, 0) is 89.3 Å². The number of alkyl halides is 1. The zero-order valence-electron chi connectivity index (χ0n) is 35.0. The van der Waals surface area contributed by atoms with Crippen LogP contribution in [0.5, 0.6) is 0 Å². The molecule has 2 aromatic carbocycles. The van der Waals surface area contributed by atoms with Crippen molar-refractivity contribution in [3.8, 4) is 0 Å². The van der Waals surface area contributed by atoms with Gasteiger partial charge in [-0.25, -0.2) is 0 Å². The van der Waals surface area contributed by atoms with Crippen molar-refractivity contribution in [3.05, 3.63) is 98.2 Å². The molecule has 62 heavy (non-hydrogen) atoms. The first-order chi connectivity index (χ1) is 29.0. The van der Waals surface area contributed by atoms with Crippen LogP contribution in [0.2, 0.25) is 0 Å². The molecule has 0 unspecified atom stereocenters. The minimum absolute atomic E-state index is 0. The maximum Gasteiger partial charge on any atom is 1.00 e. The Kier molecular flexibility index (Phi) is 26.0. The summed E-state index contributed by atoms with van der Waals surface area (Å²) in [6.45, 7) is 7.03. The van der Waals surface area contributed by atoms with E-state index in [2.05, 4.69) is 10.0 Å². The Labute approximate surface area is 383 Å². The minimum Gasteiger partial charge on any atom is -0.463 e. The molecule has 0 bridgehead atoms. The van der Waals surface area contributed by atoms with Crippen molar-refractivity contribution in [3.63, 3.8) is 0 Å². The predicted octanol–water partition coefficient (Wildman–Crippen LogP) is 1.87. The molecule has 2 fully saturated rings. The fourth-order valence-electron chi connectivity index (χ4n) is 5.79. The Morgan fingerprint density at radius 1 is 0.565 bits per heavy atom. The molecule has 2 aromatic rings. The van der Waals surface area contributed by atoms with Crippen LogP contribution in [0.15, 0.2) is 65.8 Å². The largest absolute Gasteiger partial charge is 1.00 e. The number of ether oxygens (including phenoxy) is 10. The minimum atomic E-state index is -1.29. The Hall–Kier alpha value is -4.99. The number of azide groups is 1. The molecule has 2 aliphatic heterocycles. The van der Waals surface area contributed by atoms with Crippen LogP contribution in [0.1, 0.15) is 52.7 Å². The number of hydrogen-bond donors (Lipinski definition) is 0. The van der Waals surface area contributed by atoms with Gasteiger partial charge in [0.1, 0.15) is 37.6 Å². The summed E-state index contributed by atoms with van der Waals surface area (Å²) < 4.78 is 54.4. The molecular formula is C38H46ClN6NaO16. The summed E-state index contributed by atoms with van der Waals surface area (Å²) in [7, 11) is 0. The fourth-order valence-corrected chi connectivity index (χ4v) is 6.11. The van der Waals surface area contributed by atoms with E-state index in [0.717, 1.165) is 11.1 Å². The Morgan fingerprint density at radius 2 is 0.919 bits per heavy atom. The average molecular weight is 901 g/mol. The molecule has 2 heterocycles. The topological polar surface area (TPSA) is 302 Å². The summed E-state index contributed by atoms with van der Waals surface area (Å²) in [6.07, 6.45) is -9.48. The normalized spacial score (nSPS) is 24.6. The third kappa shape index (κ3) is 19.8. The van der Waals surface area contributed by atoms with E-state index in [1.165, 1.54) is 46.5 Å². The number of rotatable bonds is 15. The monoisotopic (exact) mass is 900 g/mol. The second kappa shape index (κ2) is 29.3. The zero-order valence-corrected chi connectivity index (χ0v) is 37.7. The first kappa shape index (κ1) is 55.0. The first-order valence-electron chi connectivity index (χ1n) is 18.2. The zero-order chi connectivity index (χ0) is 45.5. The summed E-state index contributed by atoms with van der Waals surface area (Å²) in [5.41, 5.74) is 23.0. The van der Waals surface area contributed by atoms with Crippen LogP contribution in [0.3, 0.4) is 0 Å². The van der Waals surface area contributed by atoms with Gasteiger partial charge >= 0.3 is 65.4 Å². The maximum atomic E-state index is 11.7. The van der Waals surface area contributed by atoms with Crippen molar-refractivity contribution in [2.75, 3.05) is 13.2 Å². The van der Waals surface area contributed by atoms with Gasteiger partial charge < -0.3 is 58.4 Å². The van der Waals surface area contributed by atoms with Gasteiger partial charge in [-0.1, -0.05) is 77.4 Å². The smallest absolute Gasteiger partial charge is 0.463 e. The second-order valence-electron chi connectivity index (χ2n) is 12.8. The Balaban J connectivity index is 0.000000575. The van der Waals surface area contributed by atoms with E-state index in [0.29, 0.717) is 0 Å². The van der Waals surface area contributed by atoms with Gasteiger partial charge in [-0.3, -0.25) is 33.7 Å². The van der Waals surface area contributed by atoms with Crippen LogP contribution < -0.4 is 29.6 Å². The molecule has 2 saturated heterocycles. The summed E-state index contributed by atoms with van der Waals surface area (Å²) in [6, 6.07) is 18.4. The summed E-state index contributed by atoms with van der Waals surface area (Å²) >= 11 is 6.25. The van der Waals surface area contributed by atoms with Crippen LogP contribution >= 0.6 is 11.6 Å². The van der Waals surface area contributed by atoms with E-state index >= 15 is 0 Å². The molecular weight excluding hydrogens is 855 g/mol. The van der Waals surface area contributed by atoms with Crippen LogP contribution in [0.4, 0.5) is 0 Å².